The summed E-state index contributed by atoms with van der Waals surface area (Å²) in [6, 6.07) is 5.06. The van der Waals surface area contributed by atoms with Crippen LogP contribution in [0.25, 0.3) is 0 Å². The van der Waals surface area contributed by atoms with Crippen molar-refractivity contribution >= 4 is 28.3 Å². The smallest absolute Gasteiger partial charge is 0.343 e. The summed E-state index contributed by atoms with van der Waals surface area (Å²) in [5, 5.41) is 3.44. The molecule has 0 bridgehead atoms. The second kappa shape index (κ2) is 6.45. The Balaban J connectivity index is 2.02. The fourth-order valence-electron chi connectivity index (χ4n) is 1.70. The van der Waals surface area contributed by atoms with Crippen LogP contribution in [-0.2, 0) is 4.74 Å². The number of nitrogens with zero attached hydrogens (tertiary/aromatic N) is 1. The Morgan fingerprint density at radius 2 is 2.00 bits per heavy atom. The molecule has 0 saturated carbocycles. The number of rotatable bonds is 5. The molecule has 0 radical (unpaired) electrons. The van der Waals surface area contributed by atoms with Gasteiger partial charge in [0.2, 0.25) is 0 Å². The number of carbonyl (C=O) groups is 2. The number of esters is 1. The maximum Gasteiger partial charge on any atom is 0.343 e. The van der Waals surface area contributed by atoms with Gasteiger partial charge in [-0.3, -0.25) is 4.79 Å². The van der Waals surface area contributed by atoms with E-state index in [1.54, 1.807) is 14.0 Å². The Hall–Kier alpha value is -2.28. The van der Waals surface area contributed by atoms with Crippen LogP contribution in [0.1, 0.15) is 26.4 Å². The van der Waals surface area contributed by atoms with Crippen molar-refractivity contribution in [3.05, 3.63) is 46.9 Å². The third kappa shape index (κ3) is 3.43. The Morgan fingerprint density at radius 1 is 1.33 bits per heavy atom. The maximum atomic E-state index is 12.8. The Bertz CT molecular complexity index is 667. The van der Waals surface area contributed by atoms with E-state index in [2.05, 4.69) is 9.69 Å². The number of aromatic nitrogens is 1. The monoisotopic (exact) mass is 308 g/mol. The highest BCUT2D eigenvalue weighted by Crippen LogP contribution is 2.24. The summed E-state index contributed by atoms with van der Waals surface area (Å²) >= 11 is 1.15. The Morgan fingerprint density at radius 3 is 2.62 bits per heavy atom. The predicted octanol–water partition coefficient (Wildman–Crippen LogP) is 2.67. The van der Waals surface area contributed by atoms with Crippen molar-refractivity contribution in [2.24, 2.45) is 0 Å². The van der Waals surface area contributed by atoms with Crippen LogP contribution in [0.2, 0.25) is 0 Å². The first-order valence-electron chi connectivity index (χ1n) is 6.13. The second-order valence-corrected chi connectivity index (χ2v) is 5.00. The van der Waals surface area contributed by atoms with E-state index in [1.807, 2.05) is 0 Å². The molecule has 1 heterocycles. The van der Waals surface area contributed by atoms with Crippen molar-refractivity contribution in [1.29, 1.82) is 0 Å². The summed E-state index contributed by atoms with van der Waals surface area (Å²) in [5.74, 6) is -1.43. The molecule has 0 aliphatic heterocycles. The number of hydrogen-bond acceptors (Lipinski definition) is 6. The minimum Gasteiger partial charge on any atom is -0.454 e. The lowest BCUT2D eigenvalue weighted by Crippen LogP contribution is -2.15. The van der Waals surface area contributed by atoms with E-state index in [0.717, 1.165) is 11.5 Å². The molecule has 1 aromatic heterocycles. The quantitative estimate of drug-likeness (QED) is 0.679. The number of Topliss-reactive ketones (excluding diaryl/α,β-unsaturated/α-hetero) is 1. The Kier molecular flexibility index (Phi) is 4.64. The van der Waals surface area contributed by atoms with Gasteiger partial charge in [0, 0.05) is 12.6 Å². The molecule has 1 N–H and O–H groups in total. The van der Waals surface area contributed by atoms with Crippen LogP contribution >= 0.6 is 11.5 Å². The summed E-state index contributed by atoms with van der Waals surface area (Å²) in [6.45, 7) is 1.29. The van der Waals surface area contributed by atoms with E-state index in [0.29, 0.717) is 21.8 Å². The van der Waals surface area contributed by atoms with Gasteiger partial charge in [0.15, 0.2) is 12.4 Å². The third-order valence-electron chi connectivity index (χ3n) is 2.79. The number of carbonyl (C=O) groups excluding carboxylic acids is 2. The van der Waals surface area contributed by atoms with Crippen molar-refractivity contribution in [1.82, 2.24) is 4.37 Å². The summed E-state index contributed by atoms with van der Waals surface area (Å²) in [5.41, 5.74) is 1.16. The molecule has 0 saturated heterocycles. The number of benzene rings is 1. The molecule has 0 spiro atoms. The van der Waals surface area contributed by atoms with E-state index < -0.39 is 24.2 Å². The van der Waals surface area contributed by atoms with E-state index in [-0.39, 0.29) is 0 Å². The summed E-state index contributed by atoms with van der Waals surface area (Å²) in [4.78, 5) is 23.8. The zero-order valence-corrected chi connectivity index (χ0v) is 12.3. The number of aryl methyl sites for hydroxylation is 1. The molecular formula is C14H13FN2O3S. The first-order valence-corrected chi connectivity index (χ1v) is 6.90. The molecule has 0 aliphatic carbocycles. The average Bonchev–Trinajstić information content (AvgIpc) is 2.86. The molecule has 1 aromatic carbocycles. The zero-order valence-electron chi connectivity index (χ0n) is 11.5. The zero-order chi connectivity index (χ0) is 15.4. The molecule has 0 unspecified atom stereocenters. The van der Waals surface area contributed by atoms with Gasteiger partial charge in [0.05, 0.1) is 5.69 Å². The van der Waals surface area contributed by atoms with Gasteiger partial charge < -0.3 is 10.1 Å². The van der Waals surface area contributed by atoms with Crippen molar-refractivity contribution in [3.8, 4) is 0 Å². The van der Waals surface area contributed by atoms with Crippen LogP contribution in [0.4, 0.5) is 9.39 Å². The fraction of sp³-hybridized carbons (Fsp3) is 0.214. The topological polar surface area (TPSA) is 68.3 Å². The summed E-state index contributed by atoms with van der Waals surface area (Å²) < 4.78 is 21.8. The molecule has 0 amide bonds. The molecule has 110 valence electrons. The van der Waals surface area contributed by atoms with Crippen LogP contribution in [0, 0.1) is 12.7 Å². The Labute approximate surface area is 124 Å². The number of halogens is 1. The number of hydrogen-bond donors (Lipinski definition) is 1. The third-order valence-corrected chi connectivity index (χ3v) is 3.75. The molecule has 0 atom stereocenters. The molecule has 2 aromatic rings. The van der Waals surface area contributed by atoms with E-state index in [9.17, 15) is 14.0 Å². The average molecular weight is 308 g/mol. The SMILES string of the molecule is CNc1snc(C)c1C(=O)OCC(=O)c1ccc(F)cc1. The number of nitrogens with one attached hydrogen (secondary N) is 1. The lowest BCUT2D eigenvalue weighted by Gasteiger charge is -2.05. The maximum absolute atomic E-state index is 12.8. The van der Waals surface area contributed by atoms with E-state index in [4.69, 9.17) is 4.74 Å². The van der Waals surface area contributed by atoms with E-state index >= 15 is 0 Å². The van der Waals surface area contributed by atoms with Gasteiger partial charge in [-0.25, -0.2) is 9.18 Å². The highest BCUT2D eigenvalue weighted by Gasteiger charge is 2.20. The molecule has 7 heteroatoms. The minimum atomic E-state index is -0.610. The van der Waals surface area contributed by atoms with Crippen molar-refractivity contribution < 1.29 is 18.7 Å². The van der Waals surface area contributed by atoms with Gasteiger partial charge in [-0.2, -0.15) is 4.37 Å². The van der Waals surface area contributed by atoms with Crippen LogP contribution in [0.5, 0.6) is 0 Å². The van der Waals surface area contributed by atoms with Gasteiger partial charge in [-0.05, 0) is 42.7 Å². The molecule has 0 fully saturated rings. The number of ketones is 1. The van der Waals surface area contributed by atoms with Crippen LogP contribution in [0.15, 0.2) is 24.3 Å². The normalized spacial score (nSPS) is 10.2. The van der Waals surface area contributed by atoms with Crippen LogP contribution in [0.3, 0.4) is 0 Å². The predicted molar refractivity (Wildman–Crippen MR) is 77.4 cm³/mol. The van der Waals surface area contributed by atoms with E-state index in [1.165, 1.54) is 24.3 Å². The minimum absolute atomic E-state index is 0.290. The fourth-order valence-corrected chi connectivity index (χ4v) is 2.44. The lowest BCUT2D eigenvalue weighted by molar-refractivity contribution is 0.0475. The van der Waals surface area contributed by atoms with Crippen molar-refractivity contribution in [2.45, 2.75) is 6.92 Å². The van der Waals surface area contributed by atoms with Crippen molar-refractivity contribution in [2.75, 3.05) is 19.0 Å². The van der Waals surface area contributed by atoms with Gasteiger partial charge >= 0.3 is 5.97 Å². The molecule has 5 nitrogen and oxygen atoms in total. The molecule has 2 rings (SSSR count). The molecule has 0 aliphatic rings. The van der Waals surface area contributed by atoms with Gasteiger partial charge in [-0.15, -0.1) is 0 Å². The highest BCUT2D eigenvalue weighted by atomic mass is 32.1. The molecule has 21 heavy (non-hydrogen) atoms. The van der Waals surface area contributed by atoms with Crippen molar-refractivity contribution in [3.63, 3.8) is 0 Å². The van der Waals surface area contributed by atoms with Gasteiger partial charge in [-0.1, -0.05) is 0 Å². The second-order valence-electron chi connectivity index (χ2n) is 4.23. The summed E-state index contributed by atoms with van der Waals surface area (Å²) in [7, 11) is 1.67. The first kappa shape index (κ1) is 15.1. The van der Waals surface area contributed by atoms with Crippen LogP contribution < -0.4 is 5.32 Å². The number of ether oxygens (including phenoxy) is 1. The number of anilines is 1. The van der Waals surface area contributed by atoms with Gasteiger partial charge in [0.1, 0.15) is 16.4 Å². The summed E-state index contributed by atoms with van der Waals surface area (Å²) in [6.07, 6.45) is 0. The highest BCUT2D eigenvalue weighted by molar-refractivity contribution is 7.10. The van der Waals surface area contributed by atoms with Gasteiger partial charge in [0.25, 0.3) is 0 Å². The molecular weight excluding hydrogens is 295 g/mol. The largest absolute Gasteiger partial charge is 0.454 e. The first-order chi connectivity index (χ1) is 10.0. The standard InChI is InChI=1S/C14H13FN2O3S/c1-8-12(13(16-2)21-17-8)14(19)20-7-11(18)9-3-5-10(15)6-4-9/h3-6,16H,7H2,1-2H3. The van der Waals surface area contributed by atoms with Crippen LogP contribution in [-0.4, -0.2) is 29.8 Å². The lowest BCUT2D eigenvalue weighted by atomic mass is 10.1.